The number of carbonyl (C=O) groups excluding carboxylic acids is 1. The number of aromatic nitrogens is 2. The van der Waals surface area contributed by atoms with Gasteiger partial charge in [0.15, 0.2) is 11.6 Å². The molecule has 2 aromatic heterocycles. The number of nitrogen functional groups attached to an aromatic ring is 1. The Morgan fingerprint density at radius 1 is 1.18 bits per heavy atom. The third kappa shape index (κ3) is 5.35. The van der Waals surface area contributed by atoms with Gasteiger partial charge in [-0.3, -0.25) is 19.1 Å². The molecule has 1 saturated heterocycles. The lowest BCUT2D eigenvalue weighted by atomic mass is 9.88. The number of halogens is 5. The number of piperazine rings is 1. The Hall–Kier alpha value is -3.98. The van der Waals surface area contributed by atoms with Gasteiger partial charge in [0, 0.05) is 55.0 Å². The largest absolute Gasteiger partial charge is 0.397 e. The lowest BCUT2D eigenvalue weighted by Gasteiger charge is -2.37. The summed E-state index contributed by atoms with van der Waals surface area (Å²) in [7, 11) is 0. The first kappa shape index (κ1) is 32.4. The molecule has 234 valence electrons. The molecule has 2 aliphatic heterocycles. The molecule has 0 radical (unpaired) electrons. The molecule has 0 aliphatic carbocycles. The number of allylic oxidation sites excluding steroid dienone is 1. The first-order valence-electron chi connectivity index (χ1n) is 14.0. The maximum atomic E-state index is 14.8. The van der Waals surface area contributed by atoms with Crippen LogP contribution in [0.15, 0.2) is 40.8 Å². The highest BCUT2D eigenvalue weighted by Crippen LogP contribution is 2.45. The number of aliphatic imine (C=N–C) groups is 1. The minimum atomic E-state index is -1.44. The molecule has 5 rings (SSSR count). The third-order valence-electron chi connectivity index (χ3n) is 8.13. The number of carbonyl (C=O) groups is 1. The average molecular weight is 675 g/mol. The summed E-state index contributed by atoms with van der Waals surface area (Å²) >= 11 is 19.0. The summed E-state index contributed by atoms with van der Waals surface area (Å²) in [5.74, 6) is -3.43. The van der Waals surface area contributed by atoms with Crippen LogP contribution in [0.3, 0.4) is 0 Å². The molecule has 0 bridgehead atoms. The van der Waals surface area contributed by atoms with Crippen LogP contribution in [0.25, 0.3) is 22.3 Å². The van der Waals surface area contributed by atoms with Crippen molar-refractivity contribution in [3.8, 4) is 17.3 Å². The second-order valence-corrected chi connectivity index (χ2v) is 12.3. The Balaban J connectivity index is 1.88. The van der Waals surface area contributed by atoms with E-state index in [0.717, 1.165) is 0 Å². The number of hydrogen-bond acceptors (Lipinski definition) is 7. The second-order valence-electron chi connectivity index (χ2n) is 11.1. The van der Waals surface area contributed by atoms with Crippen molar-refractivity contribution in [3.05, 3.63) is 73.6 Å². The summed E-state index contributed by atoms with van der Waals surface area (Å²) in [4.78, 5) is 39.4. The van der Waals surface area contributed by atoms with Gasteiger partial charge < -0.3 is 15.5 Å². The van der Waals surface area contributed by atoms with E-state index in [1.165, 1.54) is 16.7 Å². The van der Waals surface area contributed by atoms with Gasteiger partial charge in [0.05, 0.1) is 33.2 Å². The van der Waals surface area contributed by atoms with E-state index in [0.29, 0.717) is 37.3 Å². The van der Waals surface area contributed by atoms with Crippen LogP contribution in [0.2, 0.25) is 15.1 Å². The predicted molar refractivity (Wildman–Crippen MR) is 174 cm³/mol. The molecule has 3 aromatic rings. The van der Waals surface area contributed by atoms with Gasteiger partial charge in [0.25, 0.3) is 5.56 Å². The van der Waals surface area contributed by atoms with Crippen LogP contribution in [0.5, 0.6) is 0 Å². The molecule has 2 aliphatic rings. The van der Waals surface area contributed by atoms with Gasteiger partial charge in [-0.1, -0.05) is 68.2 Å². The van der Waals surface area contributed by atoms with E-state index < -0.39 is 39.0 Å². The Morgan fingerprint density at radius 2 is 1.82 bits per heavy atom. The predicted octanol–water partition coefficient (Wildman–Crippen LogP) is 6.39. The van der Waals surface area contributed by atoms with Gasteiger partial charge in [-0.15, -0.1) is 0 Å². The molecular formula is C31H28Cl3F2N7O2. The van der Waals surface area contributed by atoms with E-state index in [1.807, 2.05) is 31.7 Å². The molecule has 9 nitrogen and oxygen atoms in total. The number of nitrogens with two attached hydrogens (primary N) is 1. The normalized spacial score (nSPS) is 18.4. The number of pyridine rings is 2. The number of nitrogens with zero attached hydrogens (tertiary/aromatic N) is 6. The first-order chi connectivity index (χ1) is 21.3. The Morgan fingerprint density at radius 3 is 2.42 bits per heavy atom. The maximum absolute atomic E-state index is 14.8. The molecule has 1 aromatic carbocycles. The van der Waals surface area contributed by atoms with E-state index in [-0.39, 0.29) is 50.9 Å². The lowest BCUT2D eigenvalue weighted by Crippen LogP contribution is -2.49. The fourth-order valence-electron chi connectivity index (χ4n) is 5.89. The van der Waals surface area contributed by atoms with E-state index in [9.17, 15) is 23.6 Å². The van der Waals surface area contributed by atoms with Crippen molar-refractivity contribution in [1.29, 1.82) is 5.26 Å². The first-order valence-corrected chi connectivity index (χ1v) is 15.2. The molecule has 4 heterocycles. The summed E-state index contributed by atoms with van der Waals surface area (Å²) < 4.78 is 30.6. The van der Waals surface area contributed by atoms with Gasteiger partial charge >= 0.3 is 0 Å². The summed E-state index contributed by atoms with van der Waals surface area (Å²) in [6.07, 6.45) is 4.74. The Bertz CT molecular complexity index is 1900. The number of hydrogen-bond donors (Lipinski definition) is 1. The second kappa shape index (κ2) is 12.4. The molecule has 1 fully saturated rings. The van der Waals surface area contributed by atoms with Crippen LogP contribution in [0.4, 0.5) is 20.2 Å². The van der Waals surface area contributed by atoms with Crippen molar-refractivity contribution in [2.24, 2.45) is 16.8 Å². The molecule has 2 atom stereocenters. The van der Waals surface area contributed by atoms with Crippen molar-refractivity contribution in [1.82, 2.24) is 14.5 Å². The van der Waals surface area contributed by atoms with Gasteiger partial charge in [0.1, 0.15) is 22.3 Å². The molecule has 1 amide bonds. The highest BCUT2D eigenvalue weighted by Gasteiger charge is 2.35. The van der Waals surface area contributed by atoms with Crippen molar-refractivity contribution >= 4 is 68.8 Å². The molecule has 0 spiro atoms. The van der Waals surface area contributed by atoms with Gasteiger partial charge in [0.2, 0.25) is 5.91 Å². The quantitative estimate of drug-likeness (QED) is 0.145. The summed E-state index contributed by atoms with van der Waals surface area (Å²) in [6.45, 7) is 10.5. The smallest absolute Gasteiger partial charge is 0.272 e. The van der Waals surface area contributed by atoms with E-state index in [2.05, 4.69) is 17.6 Å². The van der Waals surface area contributed by atoms with Crippen molar-refractivity contribution in [3.63, 3.8) is 0 Å². The van der Waals surface area contributed by atoms with Gasteiger partial charge in [-0.05, 0) is 18.1 Å². The molecule has 14 heteroatoms. The van der Waals surface area contributed by atoms with Crippen molar-refractivity contribution in [2.45, 2.75) is 26.8 Å². The maximum Gasteiger partial charge on any atom is 0.272 e. The highest BCUT2D eigenvalue weighted by atomic mass is 35.5. The molecular weight excluding hydrogens is 647 g/mol. The van der Waals surface area contributed by atoms with Crippen LogP contribution in [0, 0.1) is 34.8 Å². The third-order valence-corrected chi connectivity index (χ3v) is 9.14. The standard InChI is InChI=1S/C31H28Cl3F2N7O2/c1-5-19(44)41-8-10-42(11-9-41)29-16-12-18(32)27(20-21(33)23(35)24(36)22(34)25(20)38)40-30(16)43(31(45)17(29)13-37)28-15(4)6-7-39-26(28)14(2)3/h5-7,12,14-15,28H,1,8-11,38H2,2-4H3/t15-,28?/m1/s1. The minimum absolute atomic E-state index is 0.0664. The number of amides is 1. The zero-order valence-electron chi connectivity index (χ0n) is 24.5. The number of rotatable bonds is 5. The molecule has 1 unspecified atom stereocenters. The Labute approximate surface area is 272 Å². The SMILES string of the molecule is C=CC(=O)N1CCN(c2c(C#N)c(=O)n(C3C(C(C)C)=NC=C[C@H]3C)c3nc(-c4c(N)c(Cl)c(F)c(F)c4Cl)c(Cl)cc23)CC1. The molecule has 45 heavy (non-hydrogen) atoms. The summed E-state index contributed by atoms with van der Waals surface area (Å²) in [5.41, 5.74) is 5.62. The van der Waals surface area contributed by atoms with Crippen LogP contribution in [-0.2, 0) is 4.79 Å². The average Bonchev–Trinajstić information content (AvgIpc) is 3.02. The van der Waals surface area contributed by atoms with Crippen LogP contribution < -0.4 is 16.2 Å². The molecule has 0 saturated carbocycles. The monoisotopic (exact) mass is 673 g/mol. The molecule has 2 N–H and O–H groups in total. The van der Waals surface area contributed by atoms with E-state index in [4.69, 9.17) is 45.5 Å². The van der Waals surface area contributed by atoms with Crippen LogP contribution in [0.1, 0.15) is 32.4 Å². The number of anilines is 2. The lowest BCUT2D eigenvalue weighted by molar-refractivity contribution is -0.126. The van der Waals surface area contributed by atoms with Crippen LogP contribution >= 0.6 is 34.8 Å². The number of fused-ring (bicyclic) bond motifs is 1. The topological polar surface area (TPSA) is 121 Å². The number of benzene rings is 1. The zero-order valence-corrected chi connectivity index (χ0v) is 26.8. The van der Waals surface area contributed by atoms with Crippen molar-refractivity contribution < 1.29 is 13.6 Å². The fourth-order valence-corrected chi connectivity index (χ4v) is 6.58. The van der Waals surface area contributed by atoms with E-state index >= 15 is 0 Å². The summed E-state index contributed by atoms with van der Waals surface area (Å²) in [6, 6.07) is 2.93. The van der Waals surface area contributed by atoms with Crippen LogP contribution in [-0.4, -0.2) is 52.2 Å². The van der Waals surface area contributed by atoms with Gasteiger partial charge in [-0.2, -0.15) is 5.26 Å². The Kier molecular flexibility index (Phi) is 8.95. The minimum Gasteiger partial charge on any atom is -0.397 e. The highest BCUT2D eigenvalue weighted by molar-refractivity contribution is 6.40. The zero-order chi connectivity index (χ0) is 32.9. The van der Waals surface area contributed by atoms with Gasteiger partial charge in [-0.25, -0.2) is 13.8 Å². The number of nitriles is 1. The summed E-state index contributed by atoms with van der Waals surface area (Å²) in [5, 5.41) is 9.29. The fraction of sp³-hybridized carbons (Fsp3) is 0.323. The van der Waals surface area contributed by atoms with E-state index in [1.54, 1.807) is 11.1 Å². The van der Waals surface area contributed by atoms with Crippen molar-refractivity contribution in [2.75, 3.05) is 36.8 Å².